The molecule has 0 spiro atoms. The van der Waals surface area contributed by atoms with Crippen LogP contribution >= 0.6 is 11.3 Å². The van der Waals surface area contributed by atoms with Gasteiger partial charge in [-0.2, -0.15) is 0 Å². The number of aryl methyl sites for hydroxylation is 1. The summed E-state index contributed by atoms with van der Waals surface area (Å²) in [5.41, 5.74) is 0. The number of hydrogen-bond donors (Lipinski definition) is 2. The number of fused-ring (bicyclic) bond motifs is 1. The molecule has 1 atom stereocenters. The minimum absolute atomic E-state index is 0.00316. The van der Waals surface area contributed by atoms with Crippen molar-refractivity contribution in [1.82, 2.24) is 14.7 Å². The van der Waals surface area contributed by atoms with E-state index in [2.05, 4.69) is 20.0 Å². The average molecular weight is 385 g/mol. The van der Waals surface area contributed by atoms with E-state index in [9.17, 15) is 8.42 Å². The third-order valence-electron chi connectivity index (χ3n) is 4.16. The fourth-order valence-electron chi connectivity index (χ4n) is 2.76. The SMILES string of the molecule is CCc1nc(NCCS(=O)(=O)NC[C@@H]2CCCCO2)c2ccsc2n1. The molecule has 1 aliphatic heterocycles. The highest BCUT2D eigenvalue weighted by Crippen LogP contribution is 2.25. The van der Waals surface area contributed by atoms with Crippen LogP contribution in [0.5, 0.6) is 0 Å². The van der Waals surface area contributed by atoms with Crippen molar-refractivity contribution in [3.8, 4) is 0 Å². The maximum absolute atomic E-state index is 12.2. The number of aromatic nitrogens is 2. The Morgan fingerprint density at radius 2 is 2.24 bits per heavy atom. The number of rotatable bonds is 8. The highest BCUT2D eigenvalue weighted by molar-refractivity contribution is 7.89. The summed E-state index contributed by atoms with van der Waals surface area (Å²) in [6.07, 6.45) is 3.80. The third kappa shape index (κ3) is 5.10. The third-order valence-corrected chi connectivity index (χ3v) is 6.31. The first-order chi connectivity index (χ1) is 12.1. The molecule has 2 N–H and O–H groups in total. The quantitative estimate of drug-likeness (QED) is 0.724. The van der Waals surface area contributed by atoms with Gasteiger partial charge in [-0.15, -0.1) is 11.3 Å². The Morgan fingerprint density at radius 1 is 1.36 bits per heavy atom. The summed E-state index contributed by atoms with van der Waals surface area (Å²) < 4.78 is 32.5. The second-order valence-electron chi connectivity index (χ2n) is 6.06. The van der Waals surface area contributed by atoms with E-state index in [1.807, 2.05) is 18.4 Å². The van der Waals surface area contributed by atoms with Crippen LogP contribution in [-0.2, 0) is 21.2 Å². The second-order valence-corrected chi connectivity index (χ2v) is 8.89. The number of nitrogens with zero attached hydrogens (tertiary/aromatic N) is 2. The topological polar surface area (TPSA) is 93.2 Å². The first kappa shape index (κ1) is 18.5. The van der Waals surface area contributed by atoms with Crippen LogP contribution in [0.25, 0.3) is 10.2 Å². The van der Waals surface area contributed by atoms with Crippen LogP contribution in [0.1, 0.15) is 32.0 Å². The van der Waals surface area contributed by atoms with E-state index in [1.54, 1.807) is 11.3 Å². The van der Waals surface area contributed by atoms with Crippen molar-refractivity contribution in [1.29, 1.82) is 0 Å². The van der Waals surface area contributed by atoms with Gasteiger partial charge in [-0.1, -0.05) is 6.92 Å². The minimum Gasteiger partial charge on any atom is -0.377 e. The van der Waals surface area contributed by atoms with Gasteiger partial charge in [-0.25, -0.2) is 23.1 Å². The summed E-state index contributed by atoms with van der Waals surface area (Å²) in [4.78, 5) is 9.88. The van der Waals surface area contributed by atoms with Crippen molar-refractivity contribution in [2.45, 2.75) is 38.7 Å². The van der Waals surface area contributed by atoms with Gasteiger partial charge < -0.3 is 10.1 Å². The van der Waals surface area contributed by atoms with E-state index in [4.69, 9.17) is 4.74 Å². The molecule has 0 radical (unpaired) electrons. The molecule has 7 nitrogen and oxygen atoms in total. The Morgan fingerprint density at radius 3 is 3.00 bits per heavy atom. The van der Waals surface area contributed by atoms with Crippen LogP contribution in [0.15, 0.2) is 11.4 Å². The predicted molar refractivity (Wildman–Crippen MR) is 101 cm³/mol. The molecule has 0 amide bonds. The van der Waals surface area contributed by atoms with Gasteiger partial charge in [0, 0.05) is 26.1 Å². The maximum Gasteiger partial charge on any atom is 0.213 e. The highest BCUT2D eigenvalue weighted by atomic mass is 32.2. The van der Waals surface area contributed by atoms with Crippen molar-refractivity contribution < 1.29 is 13.2 Å². The first-order valence-corrected chi connectivity index (χ1v) is 11.2. The molecule has 0 unspecified atom stereocenters. The lowest BCUT2D eigenvalue weighted by Gasteiger charge is -2.22. The van der Waals surface area contributed by atoms with Gasteiger partial charge in [0.25, 0.3) is 0 Å². The van der Waals surface area contributed by atoms with Gasteiger partial charge in [0.15, 0.2) is 0 Å². The summed E-state index contributed by atoms with van der Waals surface area (Å²) in [5.74, 6) is 1.46. The molecule has 3 heterocycles. The molecule has 1 aliphatic rings. The normalized spacial score (nSPS) is 18.5. The van der Waals surface area contributed by atoms with Crippen LogP contribution in [0.2, 0.25) is 0 Å². The predicted octanol–water partition coefficient (Wildman–Crippen LogP) is 2.15. The molecular weight excluding hydrogens is 360 g/mol. The molecule has 1 saturated heterocycles. The lowest BCUT2D eigenvalue weighted by molar-refractivity contribution is 0.0200. The second kappa shape index (κ2) is 8.39. The summed E-state index contributed by atoms with van der Waals surface area (Å²) in [6, 6.07) is 1.95. The Balaban J connectivity index is 1.54. The number of thiophene rings is 1. The van der Waals surface area contributed by atoms with Crippen molar-refractivity contribution in [3.05, 3.63) is 17.3 Å². The highest BCUT2D eigenvalue weighted by Gasteiger charge is 2.18. The van der Waals surface area contributed by atoms with Crippen molar-refractivity contribution in [2.75, 3.05) is 30.8 Å². The molecule has 3 rings (SSSR count). The zero-order valence-electron chi connectivity index (χ0n) is 14.3. The number of nitrogens with one attached hydrogen (secondary N) is 2. The molecule has 0 saturated carbocycles. The number of ether oxygens (including phenoxy) is 1. The van der Waals surface area contributed by atoms with Gasteiger partial charge in [-0.05, 0) is 30.7 Å². The minimum atomic E-state index is -3.34. The molecular formula is C16H24N4O3S2. The van der Waals surface area contributed by atoms with E-state index in [1.165, 1.54) is 0 Å². The molecule has 0 aromatic carbocycles. The van der Waals surface area contributed by atoms with Crippen LogP contribution in [0, 0.1) is 0 Å². The van der Waals surface area contributed by atoms with Gasteiger partial charge in [0.1, 0.15) is 16.5 Å². The fraction of sp³-hybridized carbons (Fsp3) is 0.625. The molecule has 2 aromatic rings. The summed E-state index contributed by atoms with van der Waals surface area (Å²) in [7, 11) is -3.34. The van der Waals surface area contributed by atoms with Crippen molar-refractivity contribution in [3.63, 3.8) is 0 Å². The lowest BCUT2D eigenvalue weighted by atomic mass is 10.1. The summed E-state index contributed by atoms with van der Waals surface area (Å²) in [6.45, 7) is 3.37. The monoisotopic (exact) mass is 384 g/mol. The van der Waals surface area contributed by atoms with Crippen LogP contribution in [0.3, 0.4) is 0 Å². The fourth-order valence-corrected chi connectivity index (χ4v) is 4.49. The van der Waals surface area contributed by atoms with Crippen LogP contribution in [-0.4, -0.2) is 49.9 Å². The number of hydrogen-bond acceptors (Lipinski definition) is 7. The smallest absolute Gasteiger partial charge is 0.213 e. The Labute approximate surface area is 152 Å². The molecule has 0 aliphatic carbocycles. The zero-order chi connectivity index (χ0) is 17.7. The molecule has 9 heteroatoms. The van der Waals surface area contributed by atoms with Gasteiger partial charge in [0.2, 0.25) is 10.0 Å². The summed E-state index contributed by atoms with van der Waals surface area (Å²) in [5, 5.41) is 6.05. The molecule has 25 heavy (non-hydrogen) atoms. The van der Waals surface area contributed by atoms with E-state index in [0.717, 1.165) is 48.3 Å². The Kier molecular flexibility index (Phi) is 6.21. The average Bonchev–Trinajstić information content (AvgIpc) is 3.09. The molecule has 2 aromatic heterocycles. The van der Waals surface area contributed by atoms with E-state index in [0.29, 0.717) is 18.9 Å². The maximum atomic E-state index is 12.2. The molecule has 0 bridgehead atoms. The zero-order valence-corrected chi connectivity index (χ0v) is 16.0. The first-order valence-electron chi connectivity index (χ1n) is 8.64. The van der Waals surface area contributed by atoms with E-state index >= 15 is 0 Å². The largest absolute Gasteiger partial charge is 0.377 e. The van der Waals surface area contributed by atoms with E-state index in [-0.39, 0.29) is 11.9 Å². The molecule has 138 valence electrons. The van der Waals surface area contributed by atoms with E-state index < -0.39 is 10.0 Å². The van der Waals surface area contributed by atoms with Crippen LogP contribution < -0.4 is 10.0 Å². The number of sulfonamides is 1. The van der Waals surface area contributed by atoms with Gasteiger partial charge in [-0.3, -0.25) is 0 Å². The van der Waals surface area contributed by atoms with Gasteiger partial charge in [0.05, 0.1) is 17.2 Å². The van der Waals surface area contributed by atoms with Crippen molar-refractivity contribution >= 4 is 37.4 Å². The number of anilines is 1. The Bertz CT molecular complexity index is 801. The molecule has 1 fully saturated rings. The Hall–Kier alpha value is -1.29. The van der Waals surface area contributed by atoms with Crippen molar-refractivity contribution in [2.24, 2.45) is 0 Å². The lowest BCUT2D eigenvalue weighted by Crippen LogP contribution is -2.37. The van der Waals surface area contributed by atoms with Gasteiger partial charge >= 0.3 is 0 Å². The summed E-state index contributed by atoms with van der Waals surface area (Å²) >= 11 is 1.56. The van der Waals surface area contributed by atoms with Crippen LogP contribution in [0.4, 0.5) is 5.82 Å². The standard InChI is InChI=1S/C16H24N4O3S2/c1-2-14-19-15(13-6-9-24-16(13)20-14)17-7-10-25(21,22)18-11-12-5-3-4-8-23-12/h6,9,12,18H,2-5,7-8,10-11H2,1H3,(H,17,19,20)/t12-/m0/s1.